The number of fused-ring (bicyclic) bond motifs is 15. The topological polar surface area (TPSA) is 3.24 Å². The minimum atomic E-state index is -0.516. The van der Waals surface area contributed by atoms with Crippen LogP contribution in [0.2, 0.25) is 0 Å². The third-order valence-electron chi connectivity index (χ3n) is 12.1. The molecule has 2 aliphatic carbocycles. The van der Waals surface area contributed by atoms with Crippen molar-refractivity contribution in [1.82, 2.24) is 0 Å². The van der Waals surface area contributed by atoms with Crippen LogP contribution in [-0.2, 0) is 5.41 Å². The summed E-state index contributed by atoms with van der Waals surface area (Å²) in [4.78, 5) is 2.49. The summed E-state index contributed by atoms with van der Waals surface area (Å²) in [7, 11) is 0. The Kier molecular flexibility index (Phi) is 6.49. The van der Waals surface area contributed by atoms with Gasteiger partial charge in [0.15, 0.2) is 0 Å². The molecule has 9 aromatic carbocycles. The molecule has 0 fully saturated rings. The molecule has 0 aliphatic heterocycles. The van der Waals surface area contributed by atoms with Gasteiger partial charge < -0.3 is 4.90 Å². The second-order valence-corrected chi connectivity index (χ2v) is 15.8. The SMILES string of the molecule is c1ccc(N(c2ccc(-c3cccc4sc5ccccc5c34)cc2)c2cccc3c2C2(c4ccccc4-c4ccccc42)c2c-3ccc3ccccc23)cc1. The minimum absolute atomic E-state index is 0.516. The van der Waals surface area contributed by atoms with E-state index in [1.54, 1.807) is 0 Å². The molecule has 55 heavy (non-hydrogen) atoms. The zero-order chi connectivity index (χ0) is 36.1. The highest BCUT2D eigenvalue weighted by molar-refractivity contribution is 7.25. The van der Waals surface area contributed by atoms with Gasteiger partial charge in [0.05, 0.1) is 11.1 Å². The molecule has 0 saturated carbocycles. The van der Waals surface area contributed by atoms with Gasteiger partial charge in [-0.15, -0.1) is 11.3 Å². The Bertz CT molecular complexity index is 3110. The summed E-state index contributed by atoms with van der Waals surface area (Å²) in [6.45, 7) is 0. The first-order valence-corrected chi connectivity index (χ1v) is 19.8. The molecule has 0 atom stereocenters. The molecule has 0 unspecified atom stereocenters. The lowest BCUT2D eigenvalue weighted by atomic mass is 9.68. The van der Waals surface area contributed by atoms with Crippen LogP contribution in [0.1, 0.15) is 22.3 Å². The molecule has 2 aliphatic rings. The summed E-state index contributed by atoms with van der Waals surface area (Å²) in [6, 6.07) is 74.5. The van der Waals surface area contributed by atoms with E-state index in [0.717, 1.165) is 11.4 Å². The van der Waals surface area contributed by atoms with Gasteiger partial charge in [-0.2, -0.15) is 0 Å². The minimum Gasteiger partial charge on any atom is -0.310 e. The van der Waals surface area contributed by atoms with E-state index in [1.165, 1.54) is 92.3 Å². The first kappa shape index (κ1) is 30.7. The second-order valence-electron chi connectivity index (χ2n) is 14.7. The fraction of sp³-hybridized carbons (Fsp3) is 0.0189. The van der Waals surface area contributed by atoms with E-state index >= 15 is 0 Å². The van der Waals surface area contributed by atoms with Crippen LogP contribution in [0.3, 0.4) is 0 Å². The average Bonchev–Trinajstić information content (AvgIpc) is 3.89. The van der Waals surface area contributed by atoms with E-state index in [2.05, 4.69) is 205 Å². The highest BCUT2D eigenvalue weighted by Crippen LogP contribution is 2.66. The van der Waals surface area contributed by atoms with Crippen molar-refractivity contribution >= 4 is 59.3 Å². The molecule has 0 amide bonds. The standard InChI is InChI=1S/C53H33NS/c1-2-15-36(16-3-1)54(37-31-28-35(29-32-37)38-21-13-27-49-50(38)44-20-8-11-26-48(44)55-49)47-25-12-22-42-43-33-30-34-14-4-5-17-39(34)51(43)53(52(42)47)45-23-9-6-18-40(45)41-19-7-10-24-46(41)53/h1-33H. The van der Waals surface area contributed by atoms with Gasteiger partial charge >= 0.3 is 0 Å². The van der Waals surface area contributed by atoms with Crippen LogP contribution >= 0.6 is 11.3 Å². The van der Waals surface area contributed by atoms with Crippen molar-refractivity contribution in [2.45, 2.75) is 5.41 Å². The molecule has 2 heteroatoms. The van der Waals surface area contributed by atoms with Gasteiger partial charge in [-0.3, -0.25) is 0 Å². The van der Waals surface area contributed by atoms with Crippen molar-refractivity contribution in [3.05, 3.63) is 222 Å². The van der Waals surface area contributed by atoms with E-state index in [-0.39, 0.29) is 0 Å². The monoisotopic (exact) mass is 715 g/mol. The highest BCUT2D eigenvalue weighted by Gasteiger charge is 2.54. The molecule has 10 aromatic rings. The first-order chi connectivity index (χ1) is 27.3. The van der Waals surface area contributed by atoms with Gasteiger partial charge in [0.1, 0.15) is 0 Å². The van der Waals surface area contributed by atoms with Crippen molar-refractivity contribution in [3.63, 3.8) is 0 Å². The number of hydrogen-bond donors (Lipinski definition) is 0. The van der Waals surface area contributed by atoms with Gasteiger partial charge in [0.25, 0.3) is 0 Å². The second kappa shape index (κ2) is 11.6. The Balaban J connectivity index is 1.14. The maximum Gasteiger partial charge on any atom is 0.0752 e. The molecule has 0 N–H and O–H groups in total. The van der Waals surface area contributed by atoms with Gasteiger partial charge in [-0.25, -0.2) is 0 Å². The van der Waals surface area contributed by atoms with Gasteiger partial charge in [0.2, 0.25) is 0 Å². The number of rotatable bonds is 4. The number of thiophene rings is 1. The zero-order valence-electron chi connectivity index (χ0n) is 29.9. The van der Waals surface area contributed by atoms with Gasteiger partial charge in [-0.1, -0.05) is 158 Å². The van der Waals surface area contributed by atoms with Crippen molar-refractivity contribution in [3.8, 4) is 33.4 Å². The quantitative estimate of drug-likeness (QED) is 0.175. The van der Waals surface area contributed by atoms with Crippen molar-refractivity contribution in [2.24, 2.45) is 0 Å². The highest BCUT2D eigenvalue weighted by atomic mass is 32.1. The van der Waals surface area contributed by atoms with Gasteiger partial charge in [-0.05, 0) is 103 Å². The molecule has 1 heterocycles. The third-order valence-corrected chi connectivity index (χ3v) is 13.2. The summed E-state index contributed by atoms with van der Waals surface area (Å²) in [5, 5.41) is 5.23. The predicted molar refractivity (Wildman–Crippen MR) is 233 cm³/mol. The Morgan fingerprint density at radius 3 is 1.75 bits per heavy atom. The van der Waals surface area contributed by atoms with E-state index in [0.29, 0.717) is 0 Å². The van der Waals surface area contributed by atoms with Crippen LogP contribution in [-0.4, -0.2) is 0 Å². The number of benzene rings is 9. The van der Waals surface area contributed by atoms with Crippen LogP contribution in [0.15, 0.2) is 200 Å². The molecular weight excluding hydrogens is 683 g/mol. The molecule has 0 radical (unpaired) electrons. The molecule has 1 nitrogen and oxygen atoms in total. The maximum atomic E-state index is 2.49. The summed E-state index contributed by atoms with van der Waals surface area (Å²) in [5.74, 6) is 0. The number of hydrogen-bond acceptors (Lipinski definition) is 2. The lowest BCUT2D eigenvalue weighted by molar-refractivity contribution is 0.800. The fourth-order valence-corrected chi connectivity index (χ4v) is 11.1. The fourth-order valence-electron chi connectivity index (χ4n) is 9.95. The van der Waals surface area contributed by atoms with E-state index < -0.39 is 5.41 Å². The molecule has 12 rings (SSSR count). The molecular formula is C53H33NS. The van der Waals surface area contributed by atoms with Crippen LogP contribution in [0, 0.1) is 0 Å². The lowest BCUT2D eigenvalue weighted by Gasteiger charge is -2.36. The van der Waals surface area contributed by atoms with E-state index in [9.17, 15) is 0 Å². The van der Waals surface area contributed by atoms with Crippen molar-refractivity contribution in [1.29, 1.82) is 0 Å². The Labute approximate surface area is 324 Å². The summed E-state index contributed by atoms with van der Waals surface area (Å²) in [6.07, 6.45) is 0. The molecule has 256 valence electrons. The molecule has 1 spiro atoms. The van der Waals surface area contributed by atoms with Gasteiger partial charge in [0, 0.05) is 37.1 Å². The Morgan fingerprint density at radius 2 is 0.945 bits per heavy atom. The van der Waals surface area contributed by atoms with Crippen molar-refractivity contribution < 1.29 is 0 Å². The summed E-state index contributed by atoms with van der Waals surface area (Å²) < 4.78 is 2.65. The lowest BCUT2D eigenvalue weighted by Crippen LogP contribution is -2.28. The van der Waals surface area contributed by atoms with E-state index in [1.807, 2.05) is 11.3 Å². The Hall–Kier alpha value is -6.74. The molecule has 0 bridgehead atoms. The van der Waals surface area contributed by atoms with E-state index in [4.69, 9.17) is 0 Å². The average molecular weight is 716 g/mol. The largest absolute Gasteiger partial charge is 0.310 e. The molecule has 1 aromatic heterocycles. The first-order valence-electron chi connectivity index (χ1n) is 19.0. The van der Waals surface area contributed by atoms with Crippen LogP contribution < -0.4 is 4.90 Å². The smallest absolute Gasteiger partial charge is 0.0752 e. The summed E-state index contributed by atoms with van der Waals surface area (Å²) in [5.41, 5.74) is 16.0. The van der Waals surface area contributed by atoms with Crippen molar-refractivity contribution in [2.75, 3.05) is 4.90 Å². The third kappa shape index (κ3) is 4.18. The van der Waals surface area contributed by atoms with Crippen LogP contribution in [0.5, 0.6) is 0 Å². The normalized spacial score (nSPS) is 13.2. The summed E-state index contributed by atoms with van der Waals surface area (Å²) >= 11 is 1.87. The molecule has 0 saturated heterocycles. The number of anilines is 3. The Morgan fingerprint density at radius 1 is 0.364 bits per heavy atom. The maximum absolute atomic E-state index is 2.49. The van der Waals surface area contributed by atoms with Crippen LogP contribution in [0.25, 0.3) is 64.3 Å². The van der Waals surface area contributed by atoms with Crippen LogP contribution in [0.4, 0.5) is 17.1 Å². The number of para-hydroxylation sites is 1. The predicted octanol–water partition coefficient (Wildman–Crippen LogP) is 14.7. The number of nitrogens with zero attached hydrogens (tertiary/aromatic N) is 1. The zero-order valence-corrected chi connectivity index (χ0v) is 30.7.